The number of unbranched alkanes of at least 4 members (excludes halogenated alkanes) is 25. The normalized spacial score (nSPS) is 12.8. The van der Waals surface area contributed by atoms with E-state index in [1.165, 1.54) is 116 Å². The minimum atomic E-state index is -0.799. The second-order valence-electron chi connectivity index (χ2n) is 17.6. The number of allylic oxidation sites excluding steroid dienone is 16. The summed E-state index contributed by atoms with van der Waals surface area (Å²) in [5.41, 5.74) is 0. The monoisotopic (exact) mass is 903 g/mol. The van der Waals surface area contributed by atoms with Gasteiger partial charge in [0.15, 0.2) is 6.10 Å². The Kier molecular flexibility index (Phi) is 50.0. The van der Waals surface area contributed by atoms with Crippen LogP contribution in [-0.2, 0) is 28.6 Å². The van der Waals surface area contributed by atoms with Gasteiger partial charge in [0.1, 0.15) is 13.2 Å². The Balaban J connectivity index is 4.49. The van der Waals surface area contributed by atoms with Gasteiger partial charge in [0.05, 0.1) is 0 Å². The molecule has 0 aromatic rings. The van der Waals surface area contributed by atoms with Crippen molar-refractivity contribution in [2.45, 2.75) is 245 Å². The third kappa shape index (κ3) is 51.2. The SMILES string of the molecule is CC\C=C/C=C\C=C/C=C\C=C\C=C/CCCCCC(=O)OCC(COC(=O)CCCCCCCCCCCCCCC)OC(=O)CCCCCCCCC/C=C\C/C=C\CCCCC. The Morgan fingerprint density at radius 3 is 1.11 bits per heavy atom. The first-order valence-corrected chi connectivity index (χ1v) is 26.8. The lowest BCUT2D eigenvalue weighted by Crippen LogP contribution is -2.30. The van der Waals surface area contributed by atoms with Crippen LogP contribution in [0.3, 0.4) is 0 Å². The molecule has 1 unspecified atom stereocenters. The van der Waals surface area contributed by atoms with E-state index in [0.29, 0.717) is 19.3 Å². The van der Waals surface area contributed by atoms with E-state index in [4.69, 9.17) is 14.2 Å². The lowest BCUT2D eigenvalue weighted by molar-refractivity contribution is -0.167. The lowest BCUT2D eigenvalue weighted by Gasteiger charge is -2.18. The molecule has 0 aliphatic carbocycles. The molecule has 0 saturated carbocycles. The Bertz CT molecular complexity index is 1310. The molecule has 0 heterocycles. The number of carbonyl (C=O) groups is 3. The zero-order chi connectivity index (χ0) is 47.2. The van der Waals surface area contributed by atoms with Gasteiger partial charge < -0.3 is 14.2 Å². The Labute approximate surface area is 400 Å². The van der Waals surface area contributed by atoms with Gasteiger partial charge in [-0.15, -0.1) is 0 Å². The molecule has 0 radical (unpaired) electrons. The summed E-state index contributed by atoms with van der Waals surface area (Å²) in [6.45, 7) is 6.42. The first-order chi connectivity index (χ1) is 32.0. The third-order valence-corrected chi connectivity index (χ3v) is 11.2. The quantitative estimate of drug-likeness (QED) is 0.0199. The van der Waals surface area contributed by atoms with Crippen molar-refractivity contribution in [3.8, 4) is 0 Å². The van der Waals surface area contributed by atoms with Crippen molar-refractivity contribution in [1.29, 1.82) is 0 Å². The first-order valence-electron chi connectivity index (χ1n) is 26.8. The standard InChI is InChI=1S/C59H98O6/c1-4-7-10-13-16-19-22-25-27-29-31-34-37-40-43-46-49-52-58(61)64-55-56(54-63-57(60)51-48-45-42-39-36-33-24-21-18-15-12-9-6-3)65-59(62)53-50-47-44-41-38-35-32-30-28-26-23-20-17-14-11-8-5-2/h7,10,13,16-17,19-20,22,25-29,31,34,37,56H,4-6,8-9,11-12,14-15,18,21,23-24,30,32-33,35-36,38-55H2,1-3H3/b10-7-,16-13-,20-17-,22-19-,27-25-,28-26-,31-29+,37-34-. The van der Waals surface area contributed by atoms with Crippen molar-refractivity contribution in [2.75, 3.05) is 13.2 Å². The molecular weight excluding hydrogens is 805 g/mol. The zero-order valence-corrected chi connectivity index (χ0v) is 42.2. The van der Waals surface area contributed by atoms with Crippen molar-refractivity contribution in [2.24, 2.45) is 0 Å². The molecule has 0 amide bonds. The van der Waals surface area contributed by atoms with Crippen molar-refractivity contribution in [3.05, 3.63) is 97.2 Å². The van der Waals surface area contributed by atoms with E-state index >= 15 is 0 Å². The van der Waals surface area contributed by atoms with E-state index in [0.717, 1.165) is 83.5 Å². The van der Waals surface area contributed by atoms with Gasteiger partial charge in [-0.3, -0.25) is 14.4 Å². The van der Waals surface area contributed by atoms with Crippen LogP contribution in [0, 0.1) is 0 Å². The molecule has 65 heavy (non-hydrogen) atoms. The van der Waals surface area contributed by atoms with Gasteiger partial charge in [-0.2, -0.15) is 0 Å². The fourth-order valence-electron chi connectivity index (χ4n) is 7.21. The van der Waals surface area contributed by atoms with Gasteiger partial charge in [-0.05, 0) is 70.6 Å². The maximum absolute atomic E-state index is 12.8. The van der Waals surface area contributed by atoms with E-state index in [1.54, 1.807) is 0 Å². The molecule has 0 N–H and O–H groups in total. The van der Waals surface area contributed by atoms with Crippen LogP contribution in [0.5, 0.6) is 0 Å². The van der Waals surface area contributed by atoms with Crippen LogP contribution in [0.2, 0.25) is 0 Å². The van der Waals surface area contributed by atoms with E-state index in [2.05, 4.69) is 57.2 Å². The second-order valence-corrected chi connectivity index (χ2v) is 17.6. The summed E-state index contributed by atoms with van der Waals surface area (Å²) in [4.78, 5) is 38.0. The molecule has 0 aromatic heterocycles. The molecule has 0 fully saturated rings. The summed E-state index contributed by atoms with van der Waals surface area (Å²) in [6.07, 6.45) is 69.5. The molecule has 0 aliphatic rings. The third-order valence-electron chi connectivity index (χ3n) is 11.2. The molecular formula is C59H98O6. The van der Waals surface area contributed by atoms with Crippen LogP contribution >= 0.6 is 0 Å². The van der Waals surface area contributed by atoms with Crippen LogP contribution in [0.4, 0.5) is 0 Å². The van der Waals surface area contributed by atoms with Crippen LogP contribution in [-0.4, -0.2) is 37.2 Å². The minimum Gasteiger partial charge on any atom is -0.462 e. The number of hydrogen-bond acceptors (Lipinski definition) is 6. The van der Waals surface area contributed by atoms with Crippen molar-refractivity contribution >= 4 is 17.9 Å². The van der Waals surface area contributed by atoms with E-state index in [-0.39, 0.29) is 31.1 Å². The van der Waals surface area contributed by atoms with Gasteiger partial charge in [0.25, 0.3) is 0 Å². The molecule has 0 saturated heterocycles. The molecule has 0 aromatic carbocycles. The van der Waals surface area contributed by atoms with Gasteiger partial charge in [0.2, 0.25) is 0 Å². The van der Waals surface area contributed by atoms with Crippen LogP contribution in [0.1, 0.15) is 239 Å². The summed E-state index contributed by atoms with van der Waals surface area (Å²) in [7, 11) is 0. The van der Waals surface area contributed by atoms with Crippen LogP contribution < -0.4 is 0 Å². The molecule has 0 spiro atoms. The Hall–Kier alpha value is -3.67. The van der Waals surface area contributed by atoms with E-state index < -0.39 is 6.10 Å². The number of ether oxygens (including phenoxy) is 3. The predicted octanol–water partition coefficient (Wildman–Crippen LogP) is 17.8. The van der Waals surface area contributed by atoms with Gasteiger partial charge in [-0.1, -0.05) is 246 Å². The number of rotatable bonds is 47. The van der Waals surface area contributed by atoms with Crippen molar-refractivity contribution in [3.63, 3.8) is 0 Å². The van der Waals surface area contributed by atoms with E-state index in [1.807, 2.05) is 60.8 Å². The topological polar surface area (TPSA) is 78.9 Å². The minimum absolute atomic E-state index is 0.0945. The summed E-state index contributed by atoms with van der Waals surface area (Å²) in [5.74, 6) is -0.947. The molecule has 0 bridgehead atoms. The van der Waals surface area contributed by atoms with Gasteiger partial charge >= 0.3 is 17.9 Å². The van der Waals surface area contributed by atoms with Crippen LogP contribution in [0.25, 0.3) is 0 Å². The maximum Gasteiger partial charge on any atom is 0.306 e. The molecule has 0 aliphatic heterocycles. The Morgan fingerprint density at radius 1 is 0.338 bits per heavy atom. The highest BCUT2D eigenvalue weighted by molar-refractivity contribution is 5.71. The molecule has 370 valence electrons. The smallest absolute Gasteiger partial charge is 0.306 e. The van der Waals surface area contributed by atoms with Crippen LogP contribution in [0.15, 0.2) is 97.2 Å². The summed E-state index contributed by atoms with van der Waals surface area (Å²) >= 11 is 0. The fraction of sp³-hybridized carbons (Fsp3) is 0.678. The highest BCUT2D eigenvalue weighted by Gasteiger charge is 2.19. The van der Waals surface area contributed by atoms with Crippen molar-refractivity contribution in [1.82, 2.24) is 0 Å². The number of hydrogen-bond donors (Lipinski definition) is 0. The molecule has 1 atom stereocenters. The largest absolute Gasteiger partial charge is 0.462 e. The highest BCUT2D eigenvalue weighted by Crippen LogP contribution is 2.15. The molecule has 6 nitrogen and oxygen atoms in total. The lowest BCUT2D eigenvalue weighted by atomic mass is 10.0. The Morgan fingerprint density at radius 2 is 0.662 bits per heavy atom. The predicted molar refractivity (Wildman–Crippen MR) is 279 cm³/mol. The summed E-state index contributed by atoms with van der Waals surface area (Å²) < 4.78 is 16.8. The fourth-order valence-corrected chi connectivity index (χ4v) is 7.21. The zero-order valence-electron chi connectivity index (χ0n) is 42.2. The molecule has 0 rings (SSSR count). The second kappa shape index (κ2) is 52.9. The number of esters is 3. The summed E-state index contributed by atoms with van der Waals surface area (Å²) in [6, 6.07) is 0. The van der Waals surface area contributed by atoms with Crippen molar-refractivity contribution < 1.29 is 28.6 Å². The highest BCUT2D eigenvalue weighted by atomic mass is 16.6. The average molecular weight is 903 g/mol. The average Bonchev–Trinajstić information content (AvgIpc) is 3.30. The summed E-state index contributed by atoms with van der Waals surface area (Å²) in [5, 5.41) is 0. The number of carbonyl (C=O) groups excluding carboxylic acids is 3. The van der Waals surface area contributed by atoms with E-state index in [9.17, 15) is 14.4 Å². The van der Waals surface area contributed by atoms with Gasteiger partial charge in [-0.25, -0.2) is 0 Å². The first kappa shape index (κ1) is 61.3. The maximum atomic E-state index is 12.8. The van der Waals surface area contributed by atoms with Gasteiger partial charge in [0, 0.05) is 19.3 Å². The molecule has 6 heteroatoms.